The maximum Gasteiger partial charge on any atom is 0.221 e. The molecule has 0 aromatic carbocycles. The number of anilines is 2. The maximum absolute atomic E-state index is 11.3. The van der Waals surface area contributed by atoms with Gasteiger partial charge in [-0.3, -0.25) is 4.79 Å². The first-order chi connectivity index (χ1) is 9.56. The van der Waals surface area contributed by atoms with E-state index in [-0.39, 0.29) is 11.9 Å². The van der Waals surface area contributed by atoms with Gasteiger partial charge in [-0.15, -0.1) is 0 Å². The second-order valence-corrected chi connectivity index (χ2v) is 5.91. The molecule has 0 bridgehead atoms. The molecule has 2 aromatic rings. The highest BCUT2D eigenvalue weighted by Gasteiger charge is 2.25. The zero-order chi connectivity index (χ0) is 14.3. The summed E-state index contributed by atoms with van der Waals surface area (Å²) in [7, 11) is 0. The van der Waals surface area contributed by atoms with Crippen molar-refractivity contribution in [3.05, 3.63) is 16.9 Å². The van der Waals surface area contributed by atoms with E-state index in [9.17, 15) is 4.79 Å². The third kappa shape index (κ3) is 2.27. The van der Waals surface area contributed by atoms with Crippen LogP contribution >= 0.6 is 15.9 Å². The minimum absolute atomic E-state index is 0.102. The maximum atomic E-state index is 11.3. The topological polar surface area (TPSA) is 87.0 Å². The molecule has 4 N–H and O–H groups in total. The van der Waals surface area contributed by atoms with Crippen molar-refractivity contribution in [2.45, 2.75) is 19.4 Å². The molecule has 0 saturated carbocycles. The second-order valence-electron chi connectivity index (χ2n) is 5.06. The molecule has 1 fully saturated rings. The summed E-state index contributed by atoms with van der Waals surface area (Å²) in [5.74, 6) is -0.102. The summed E-state index contributed by atoms with van der Waals surface area (Å²) in [5.41, 5.74) is 8.54. The van der Waals surface area contributed by atoms with E-state index in [2.05, 4.69) is 36.1 Å². The molecule has 1 amide bonds. The van der Waals surface area contributed by atoms with Gasteiger partial charge in [0.2, 0.25) is 5.91 Å². The number of halogens is 1. The Labute approximate surface area is 124 Å². The van der Waals surface area contributed by atoms with Crippen LogP contribution < -0.4 is 16.0 Å². The number of pyridine rings is 1. The Bertz CT molecular complexity index is 668. The van der Waals surface area contributed by atoms with Gasteiger partial charge in [-0.2, -0.15) is 0 Å². The molecule has 1 saturated heterocycles. The lowest BCUT2D eigenvalue weighted by molar-refractivity contribution is -0.114. The van der Waals surface area contributed by atoms with Gasteiger partial charge >= 0.3 is 0 Å². The average molecular weight is 338 g/mol. The lowest BCUT2D eigenvalue weighted by atomic mass is 10.2. The van der Waals surface area contributed by atoms with Crippen molar-refractivity contribution in [2.24, 2.45) is 5.73 Å². The van der Waals surface area contributed by atoms with E-state index in [4.69, 9.17) is 5.73 Å². The molecule has 1 atom stereocenters. The fraction of sp³-hybridized carbons (Fsp3) is 0.385. The minimum atomic E-state index is -0.102. The number of nitrogens with zero attached hydrogens (tertiary/aromatic N) is 2. The Hall–Kier alpha value is -1.60. The van der Waals surface area contributed by atoms with Gasteiger partial charge in [0, 0.05) is 38.4 Å². The number of aromatic nitrogens is 2. The minimum Gasteiger partial charge on any atom is -0.368 e. The molecule has 106 valence electrons. The second kappa shape index (κ2) is 5.06. The molecule has 0 radical (unpaired) electrons. The molecule has 20 heavy (non-hydrogen) atoms. The summed E-state index contributed by atoms with van der Waals surface area (Å²) < 4.78 is 0.908. The van der Waals surface area contributed by atoms with Crippen LogP contribution in [0.4, 0.5) is 11.4 Å². The predicted octanol–water partition coefficient (Wildman–Crippen LogP) is 1.82. The first-order valence-corrected chi connectivity index (χ1v) is 7.29. The number of carbonyl (C=O) groups is 1. The molecule has 2 aromatic heterocycles. The van der Waals surface area contributed by atoms with Crippen molar-refractivity contribution in [1.82, 2.24) is 9.97 Å². The van der Waals surface area contributed by atoms with E-state index in [0.29, 0.717) is 0 Å². The molecule has 3 heterocycles. The summed E-state index contributed by atoms with van der Waals surface area (Å²) in [6.45, 7) is 3.21. The van der Waals surface area contributed by atoms with Crippen LogP contribution in [0.3, 0.4) is 0 Å². The van der Waals surface area contributed by atoms with Crippen LogP contribution in [-0.4, -0.2) is 35.0 Å². The summed E-state index contributed by atoms with van der Waals surface area (Å²) in [6, 6.07) is 0.188. The highest BCUT2D eigenvalue weighted by atomic mass is 79.9. The highest BCUT2D eigenvalue weighted by molar-refractivity contribution is 9.10. The lowest BCUT2D eigenvalue weighted by Gasteiger charge is -2.21. The zero-order valence-corrected chi connectivity index (χ0v) is 12.7. The van der Waals surface area contributed by atoms with Crippen LogP contribution in [0, 0.1) is 0 Å². The molecule has 1 aliphatic heterocycles. The molecule has 1 aliphatic rings. The fourth-order valence-electron chi connectivity index (χ4n) is 2.64. The smallest absolute Gasteiger partial charge is 0.221 e. The summed E-state index contributed by atoms with van der Waals surface area (Å²) in [6.07, 6.45) is 4.51. The van der Waals surface area contributed by atoms with E-state index in [1.807, 2.05) is 0 Å². The van der Waals surface area contributed by atoms with E-state index in [0.717, 1.165) is 46.4 Å². The van der Waals surface area contributed by atoms with Gasteiger partial charge in [0.15, 0.2) is 0 Å². The normalized spacial score (nSPS) is 18.8. The Balaban J connectivity index is 2.15. The number of carbonyl (C=O) groups excluding carboxylic acids is 1. The van der Waals surface area contributed by atoms with Gasteiger partial charge in [-0.05, 0) is 22.4 Å². The van der Waals surface area contributed by atoms with Crippen molar-refractivity contribution < 1.29 is 4.79 Å². The quantitative estimate of drug-likeness (QED) is 0.780. The monoisotopic (exact) mass is 337 g/mol. The molecule has 3 rings (SSSR count). The van der Waals surface area contributed by atoms with E-state index >= 15 is 0 Å². The summed E-state index contributed by atoms with van der Waals surface area (Å²) in [4.78, 5) is 21.0. The van der Waals surface area contributed by atoms with Crippen LogP contribution in [0.1, 0.15) is 13.3 Å². The first-order valence-electron chi connectivity index (χ1n) is 6.50. The zero-order valence-electron chi connectivity index (χ0n) is 11.1. The summed E-state index contributed by atoms with van der Waals surface area (Å²) in [5, 5.41) is 3.76. The van der Waals surface area contributed by atoms with Crippen molar-refractivity contribution in [3.8, 4) is 0 Å². The Morgan fingerprint density at radius 1 is 1.65 bits per heavy atom. The third-order valence-electron chi connectivity index (χ3n) is 3.48. The average Bonchev–Trinajstić information content (AvgIpc) is 2.96. The molecule has 0 spiro atoms. The standard InChI is InChI=1S/C13H16BrN5O/c1-7(20)18-10-5-17-13-11(10)12(9(14)4-16-13)19-3-2-8(15)6-19/h4-5,8H,2-3,6,15H2,1H3,(H,16,17)(H,18,20)/t8-/m0/s1. The van der Waals surface area contributed by atoms with Gasteiger partial charge in [0.1, 0.15) is 5.65 Å². The fourth-order valence-corrected chi connectivity index (χ4v) is 3.19. The van der Waals surface area contributed by atoms with Gasteiger partial charge in [-0.1, -0.05) is 0 Å². The van der Waals surface area contributed by atoms with E-state index < -0.39 is 0 Å². The number of H-pyrrole nitrogens is 1. The van der Waals surface area contributed by atoms with Crippen LogP contribution in [0.5, 0.6) is 0 Å². The molecule has 6 nitrogen and oxygen atoms in total. The number of amides is 1. The molecular formula is C13H16BrN5O. The van der Waals surface area contributed by atoms with E-state index in [1.54, 1.807) is 12.4 Å². The summed E-state index contributed by atoms with van der Waals surface area (Å²) >= 11 is 3.56. The number of nitrogens with two attached hydrogens (primary N) is 1. The highest BCUT2D eigenvalue weighted by Crippen LogP contribution is 2.38. The van der Waals surface area contributed by atoms with Crippen molar-refractivity contribution in [3.63, 3.8) is 0 Å². The van der Waals surface area contributed by atoms with Gasteiger partial charge < -0.3 is 20.9 Å². The number of nitrogens with one attached hydrogen (secondary N) is 2. The largest absolute Gasteiger partial charge is 0.368 e. The Kier molecular flexibility index (Phi) is 3.39. The van der Waals surface area contributed by atoms with Crippen molar-refractivity contribution in [2.75, 3.05) is 23.3 Å². The van der Waals surface area contributed by atoms with E-state index in [1.165, 1.54) is 6.92 Å². The first kappa shape index (κ1) is 13.4. The third-order valence-corrected chi connectivity index (χ3v) is 4.06. The van der Waals surface area contributed by atoms with Crippen LogP contribution in [0.25, 0.3) is 11.0 Å². The number of hydrogen-bond acceptors (Lipinski definition) is 4. The van der Waals surface area contributed by atoms with Crippen LogP contribution in [-0.2, 0) is 4.79 Å². The molecule has 0 aliphatic carbocycles. The Morgan fingerprint density at radius 3 is 3.10 bits per heavy atom. The van der Waals surface area contributed by atoms with Gasteiger partial charge in [0.25, 0.3) is 0 Å². The van der Waals surface area contributed by atoms with Crippen LogP contribution in [0.15, 0.2) is 16.9 Å². The SMILES string of the molecule is CC(=O)Nc1c[nH]c2ncc(Br)c(N3CC[C@H](N)C3)c12. The lowest BCUT2D eigenvalue weighted by Crippen LogP contribution is -2.26. The molecular weight excluding hydrogens is 322 g/mol. The van der Waals surface area contributed by atoms with Crippen molar-refractivity contribution in [1.29, 1.82) is 0 Å². The molecule has 0 unspecified atom stereocenters. The van der Waals surface area contributed by atoms with Gasteiger partial charge in [0.05, 0.1) is 21.2 Å². The van der Waals surface area contributed by atoms with Crippen molar-refractivity contribution >= 4 is 44.2 Å². The number of hydrogen-bond donors (Lipinski definition) is 3. The Morgan fingerprint density at radius 2 is 2.45 bits per heavy atom. The van der Waals surface area contributed by atoms with Crippen LogP contribution in [0.2, 0.25) is 0 Å². The predicted molar refractivity (Wildman–Crippen MR) is 82.9 cm³/mol. The van der Waals surface area contributed by atoms with Gasteiger partial charge in [-0.25, -0.2) is 4.98 Å². The number of rotatable bonds is 2. The number of aromatic amines is 1. The number of fused-ring (bicyclic) bond motifs is 1. The molecule has 7 heteroatoms.